The fourth-order valence-electron chi connectivity index (χ4n) is 3.62. The van der Waals surface area contributed by atoms with Crippen LogP contribution in [0.3, 0.4) is 0 Å². The number of carboxylic acid groups (broad SMARTS) is 1. The number of rotatable bonds is 3. The van der Waals surface area contributed by atoms with Gasteiger partial charge in [0, 0.05) is 23.2 Å². The Bertz CT molecular complexity index is 731. The molecule has 1 aromatic heterocycles. The third-order valence-corrected chi connectivity index (χ3v) is 5.05. The van der Waals surface area contributed by atoms with Crippen molar-refractivity contribution in [3.63, 3.8) is 0 Å². The summed E-state index contributed by atoms with van der Waals surface area (Å²) >= 11 is 0. The van der Waals surface area contributed by atoms with Gasteiger partial charge in [-0.05, 0) is 39.7 Å². The van der Waals surface area contributed by atoms with E-state index >= 15 is 0 Å². The Labute approximate surface area is 136 Å². The molecule has 23 heavy (non-hydrogen) atoms. The maximum absolute atomic E-state index is 11.4. The predicted octanol–water partition coefficient (Wildman–Crippen LogP) is 3.01. The normalized spacial score (nSPS) is 25.6. The number of piperidine rings is 1. The number of aliphatic carboxylic acids is 1. The van der Waals surface area contributed by atoms with Gasteiger partial charge in [-0.25, -0.2) is 9.97 Å². The van der Waals surface area contributed by atoms with Gasteiger partial charge in [-0.1, -0.05) is 18.2 Å². The summed E-state index contributed by atoms with van der Waals surface area (Å²) in [6.07, 6.45) is 1.64. The number of nitrogens with zero attached hydrogens (tertiary/aromatic N) is 3. The molecule has 2 heterocycles. The van der Waals surface area contributed by atoms with Gasteiger partial charge in [0.25, 0.3) is 0 Å². The molecule has 122 valence electrons. The minimum Gasteiger partial charge on any atom is -0.481 e. The number of hydrogen-bond donors (Lipinski definition) is 1. The molecule has 1 fully saturated rings. The van der Waals surface area contributed by atoms with E-state index in [0.717, 1.165) is 35.3 Å². The molecule has 3 unspecified atom stereocenters. The Morgan fingerprint density at radius 3 is 2.74 bits per heavy atom. The molecule has 1 aliphatic rings. The number of aryl methyl sites for hydroxylation is 1. The highest BCUT2D eigenvalue weighted by atomic mass is 16.4. The van der Waals surface area contributed by atoms with E-state index in [0.29, 0.717) is 12.6 Å². The number of carbonyl (C=O) groups is 1. The first-order valence-corrected chi connectivity index (χ1v) is 8.18. The Hall–Kier alpha value is -2.01. The van der Waals surface area contributed by atoms with Gasteiger partial charge in [-0.2, -0.15) is 0 Å². The number of aromatic nitrogens is 2. The van der Waals surface area contributed by atoms with Gasteiger partial charge in [0.1, 0.15) is 5.82 Å². The maximum atomic E-state index is 11.4. The maximum Gasteiger partial charge on any atom is 0.308 e. The quantitative estimate of drug-likeness (QED) is 0.943. The topological polar surface area (TPSA) is 66.3 Å². The fraction of sp³-hybridized carbons (Fsp3) is 0.500. The van der Waals surface area contributed by atoms with Crippen molar-refractivity contribution >= 4 is 16.9 Å². The molecular formula is C18H23N3O2. The molecular weight excluding hydrogens is 290 g/mol. The molecule has 0 saturated carbocycles. The number of benzene rings is 1. The summed E-state index contributed by atoms with van der Waals surface area (Å²) in [6.45, 7) is 6.75. The second-order valence-corrected chi connectivity index (χ2v) is 6.53. The molecule has 2 aromatic rings. The highest BCUT2D eigenvalue weighted by Gasteiger charge is 2.36. The van der Waals surface area contributed by atoms with E-state index in [9.17, 15) is 9.90 Å². The fourth-order valence-corrected chi connectivity index (χ4v) is 3.62. The Morgan fingerprint density at radius 1 is 1.26 bits per heavy atom. The predicted molar refractivity (Wildman–Crippen MR) is 89.1 cm³/mol. The zero-order valence-corrected chi connectivity index (χ0v) is 13.9. The third-order valence-electron chi connectivity index (χ3n) is 5.05. The van der Waals surface area contributed by atoms with Crippen LogP contribution in [0.15, 0.2) is 24.3 Å². The van der Waals surface area contributed by atoms with Gasteiger partial charge in [0.15, 0.2) is 0 Å². The minimum atomic E-state index is -0.704. The minimum absolute atomic E-state index is 0.00775. The van der Waals surface area contributed by atoms with Crippen LogP contribution in [0, 0.1) is 12.8 Å². The molecule has 0 aliphatic carbocycles. The average Bonchev–Trinajstić information content (AvgIpc) is 2.51. The average molecular weight is 313 g/mol. The molecule has 1 saturated heterocycles. The smallest absolute Gasteiger partial charge is 0.308 e. The SMILES string of the molecule is Cc1nc(CN2C(C)CCC(C(=O)O)C2C)nc2ccccc12. The van der Waals surface area contributed by atoms with Crippen LogP contribution < -0.4 is 0 Å². The van der Waals surface area contributed by atoms with E-state index < -0.39 is 5.97 Å². The van der Waals surface area contributed by atoms with Gasteiger partial charge in [-0.15, -0.1) is 0 Å². The number of fused-ring (bicyclic) bond motifs is 1. The molecule has 1 aromatic carbocycles. The standard InChI is InChI=1S/C18H23N3O2/c1-11-8-9-15(18(22)23)13(3)21(11)10-17-19-12(2)14-6-4-5-7-16(14)20-17/h4-7,11,13,15H,8-10H2,1-3H3,(H,22,23). The zero-order valence-electron chi connectivity index (χ0n) is 13.9. The van der Waals surface area contributed by atoms with Crippen LogP contribution in [0.25, 0.3) is 10.9 Å². The van der Waals surface area contributed by atoms with Crippen LogP contribution in [0.2, 0.25) is 0 Å². The van der Waals surface area contributed by atoms with Crippen LogP contribution in [0.5, 0.6) is 0 Å². The summed E-state index contributed by atoms with van der Waals surface area (Å²) in [5, 5.41) is 10.5. The zero-order chi connectivity index (χ0) is 16.6. The van der Waals surface area contributed by atoms with Crippen LogP contribution in [0.4, 0.5) is 0 Å². The largest absolute Gasteiger partial charge is 0.481 e. The van der Waals surface area contributed by atoms with Crippen LogP contribution in [-0.2, 0) is 11.3 Å². The van der Waals surface area contributed by atoms with Crippen molar-refractivity contribution in [3.05, 3.63) is 35.8 Å². The first kappa shape index (κ1) is 15.9. The van der Waals surface area contributed by atoms with Gasteiger partial charge in [-0.3, -0.25) is 9.69 Å². The number of likely N-dealkylation sites (tertiary alicyclic amines) is 1. The summed E-state index contributed by atoms with van der Waals surface area (Å²) < 4.78 is 0. The first-order valence-electron chi connectivity index (χ1n) is 8.18. The first-order chi connectivity index (χ1) is 11.0. The Morgan fingerprint density at radius 2 is 2.00 bits per heavy atom. The van der Waals surface area contributed by atoms with E-state index in [1.54, 1.807) is 0 Å². The van der Waals surface area contributed by atoms with Crippen molar-refractivity contribution in [2.75, 3.05) is 0 Å². The molecule has 1 aliphatic heterocycles. The lowest BCUT2D eigenvalue weighted by Crippen LogP contribution is -2.50. The number of para-hydroxylation sites is 1. The van der Waals surface area contributed by atoms with E-state index in [-0.39, 0.29) is 12.0 Å². The molecule has 3 atom stereocenters. The van der Waals surface area contributed by atoms with Gasteiger partial charge in [0.05, 0.1) is 18.0 Å². The highest BCUT2D eigenvalue weighted by Crippen LogP contribution is 2.29. The van der Waals surface area contributed by atoms with Gasteiger partial charge in [0.2, 0.25) is 0 Å². The second-order valence-electron chi connectivity index (χ2n) is 6.53. The van der Waals surface area contributed by atoms with Crippen molar-refractivity contribution in [2.45, 2.75) is 52.2 Å². The number of carboxylic acids is 1. The molecule has 5 nitrogen and oxygen atoms in total. The van der Waals surface area contributed by atoms with Crippen LogP contribution >= 0.6 is 0 Å². The lowest BCUT2D eigenvalue weighted by molar-refractivity contribution is -0.146. The van der Waals surface area contributed by atoms with Gasteiger partial charge >= 0.3 is 5.97 Å². The highest BCUT2D eigenvalue weighted by molar-refractivity contribution is 5.80. The lowest BCUT2D eigenvalue weighted by atomic mass is 9.87. The van der Waals surface area contributed by atoms with Crippen molar-refractivity contribution in [1.29, 1.82) is 0 Å². The summed E-state index contributed by atoms with van der Waals surface area (Å²) in [5.41, 5.74) is 1.92. The van der Waals surface area contributed by atoms with E-state index in [4.69, 9.17) is 0 Å². The van der Waals surface area contributed by atoms with Crippen molar-refractivity contribution in [3.8, 4) is 0 Å². The monoisotopic (exact) mass is 313 g/mol. The molecule has 3 rings (SSSR count). The Kier molecular flexibility index (Phi) is 4.31. The van der Waals surface area contributed by atoms with Crippen LogP contribution in [-0.4, -0.2) is 38.0 Å². The van der Waals surface area contributed by atoms with Crippen LogP contribution in [0.1, 0.15) is 38.2 Å². The summed E-state index contributed by atoms with van der Waals surface area (Å²) in [7, 11) is 0. The third kappa shape index (κ3) is 3.06. The molecule has 0 amide bonds. The molecule has 1 N–H and O–H groups in total. The summed E-state index contributed by atoms with van der Waals surface area (Å²) in [4.78, 5) is 23.0. The summed E-state index contributed by atoms with van der Waals surface area (Å²) in [6, 6.07) is 8.33. The van der Waals surface area contributed by atoms with E-state index in [2.05, 4.69) is 21.8 Å². The van der Waals surface area contributed by atoms with E-state index in [1.165, 1.54) is 0 Å². The molecule has 0 radical (unpaired) electrons. The van der Waals surface area contributed by atoms with E-state index in [1.807, 2.05) is 38.1 Å². The van der Waals surface area contributed by atoms with Crippen molar-refractivity contribution in [2.24, 2.45) is 5.92 Å². The summed E-state index contributed by atoms with van der Waals surface area (Å²) in [5.74, 6) is -0.247. The molecule has 0 spiro atoms. The number of hydrogen-bond acceptors (Lipinski definition) is 4. The molecule has 5 heteroatoms. The van der Waals surface area contributed by atoms with Gasteiger partial charge < -0.3 is 5.11 Å². The van der Waals surface area contributed by atoms with Crippen molar-refractivity contribution in [1.82, 2.24) is 14.9 Å². The van der Waals surface area contributed by atoms with Crippen molar-refractivity contribution < 1.29 is 9.90 Å². The second kappa shape index (κ2) is 6.24. The Balaban J connectivity index is 1.89. The molecule has 0 bridgehead atoms. The lowest BCUT2D eigenvalue weighted by Gasteiger charge is -2.41.